The van der Waals surface area contributed by atoms with Crippen molar-refractivity contribution in [3.05, 3.63) is 18.5 Å². The summed E-state index contributed by atoms with van der Waals surface area (Å²) < 4.78 is 25.5. The highest BCUT2D eigenvalue weighted by molar-refractivity contribution is 7.89. The maximum Gasteiger partial charge on any atom is 0.246 e. The standard InChI is InChI=1S/C9H16N4O3S/c1-7(6-14)13(2)17(15,16)9-5-11-4-3-8(9)12-10/h3-5,7,14H,6,10H2,1-2H3,(H,11,12). The topological polar surface area (TPSA) is 109 Å². The number of aliphatic hydroxyl groups excluding tert-OH is 1. The summed E-state index contributed by atoms with van der Waals surface area (Å²) in [5.74, 6) is 5.25. The van der Waals surface area contributed by atoms with Gasteiger partial charge in [-0.2, -0.15) is 4.31 Å². The Balaban J connectivity index is 3.22. The van der Waals surface area contributed by atoms with Crippen molar-refractivity contribution in [2.24, 2.45) is 5.84 Å². The predicted octanol–water partition coefficient (Wildman–Crippen LogP) is -0.631. The summed E-state index contributed by atoms with van der Waals surface area (Å²) in [4.78, 5) is 3.74. The van der Waals surface area contributed by atoms with E-state index in [1.54, 1.807) is 6.92 Å². The number of sulfonamides is 1. The van der Waals surface area contributed by atoms with Crippen LogP contribution in [-0.4, -0.2) is 42.5 Å². The van der Waals surface area contributed by atoms with Gasteiger partial charge in [-0.3, -0.25) is 10.8 Å². The van der Waals surface area contributed by atoms with E-state index in [2.05, 4.69) is 10.4 Å². The molecular formula is C9H16N4O3S. The summed E-state index contributed by atoms with van der Waals surface area (Å²) in [5.41, 5.74) is 2.57. The number of aliphatic hydroxyl groups is 1. The zero-order valence-corrected chi connectivity index (χ0v) is 10.5. The van der Waals surface area contributed by atoms with E-state index >= 15 is 0 Å². The first-order chi connectivity index (χ1) is 7.95. The molecule has 17 heavy (non-hydrogen) atoms. The average Bonchev–Trinajstić information content (AvgIpc) is 2.36. The summed E-state index contributed by atoms with van der Waals surface area (Å²) in [7, 11) is -2.33. The van der Waals surface area contributed by atoms with Crippen molar-refractivity contribution >= 4 is 15.7 Å². The van der Waals surface area contributed by atoms with E-state index in [0.717, 1.165) is 4.31 Å². The lowest BCUT2D eigenvalue weighted by Crippen LogP contribution is -2.37. The summed E-state index contributed by atoms with van der Waals surface area (Å²) in [5, 5.41) is 8.98. The Bertz CT molecular complexity index is 477. The van der Waals surface area contributed by atoms with E-state index < -0.39 is 16.1 Å². The van der Waals surface area contributed by atoms with Crippen molar-refractivity contribution in [1.82, 2.24) is 9.29 Å². The average molecular weight is 260 g/mol. The number of anilines is 1. The molecule has 1 unspecified atom stereocenters. The number of hydrogen-bond donors (Lipinski definition) is 3. The molecule has 0 radical (unpaired) electrons. The lowest BCUT2D eigenvalue weighted by molar-refractivity contribution is 0.214. The van der Waals surface area contributed by atoms with Crippen molar-refractivity contribution in [1.29, 1.82) is 0 Å². The number of aromatic nitrogens is 1. The highest BCUT2D eigenvalue weighted by atomic mass is 32.2. The van der Waals surface area contributed by atoms with Gasteiger partial charge < -0.3 is 10.5 Å². The van der Waals surface area contributed by atoms with Crippen LogP contribution in [0.1, 0.15) is 6.92 Å². The molecule has 0 aromatic carbocycles. The third kappa shape index (κ3) is 2.72. The van der Waals surface area contributed by atoms with Crippen LogP contribution in [0.15, 0.2) is 23.4 Å². The summed E-state index contributed by atoms with van der Waals surface area (Å²) in [6.07, 6.45) is 2.65. The van der Waals surface area contributed by atoms with Crippen LogP contribution in [0.3, 0.4) is 0 Å². The summed E-state index contributed by atoms with van der Waals surface area (Å²) >= 11 is 0. The highest BCUT2D eigenvalue weighted by Crippen LogP contribution is 2.22. The fourth-order valence-corrected chi connectivity index (χ4v) is 2.66. The number of likely N-dealkylation sites (N-methyl/N-ethyl adjacent to an activating group) is 1. The smallest absolute Gasteiger partial charge is 0.246 e. The van der Waals surface area contributed by atoms with E-state index in [1.807, 2.05) is 0 Å². The molecule has 4 N–H and O–H groups in total. The van der Waals surface area contributed by atoms with Crippen LogP contribution >= 0.6 is 0 Å². The van der Waals surface area contributed by atoms with Gasteiger partial charge >= 0.3 is 0 Å². The molecule has 1 aromatic rings. The number of pyridine rings is 1. The molecular weight excluding hydrogens is 244 g/mol. The number of hydrogen-bond acceptors (Lipinski definition) is 6. The van der Waals surface area contributed by atoms with Gasteiger partial charge in [-0.05, 0) is 13.0 Å². The van der Waals surface area contributed by atoms with Gasteiger partial charge in [0.25, 0.3) is 0 Å². The van der Waals surface area contributed by atoms with Crippen LogP contribution in [0.2, 0.25) is 0 Å². The largest absolute Gasteiger partial charge is 0.395 e. The molecule has 0 saturated heterocycles. The summed E-state index contributed by atoms with van der Waals surface area (Å²) in [6.45, 7) is 1.34. The van der Waals surface area contributed by atoms with E-state index in [0.29, 0.717) is 0 Å². The normalized spacial score (nSPS) is 13.7. The number of nitrogens with one attached hydrogen (secondary N) is 1. The van der Waals surface area contributed by atoms with Crippen molar-refractivity contribution in [2.75, 3.05) is 19.1 Å². The molecule has 0 aliphatic heterocycles. The fraction of sp³-hybridized carbons (Fsp3) is 0.444. The van der Waals surface area contributed by atoms with Crippen molar-refractivity contribution in [3.63, 3.8) is 0 Å². The minimum atomic E-state index is -3.72. The minimum Gasteiger partial charge on any atom is -0.395 e. The van der Waals surface area contributed by atoms with Crippen molar-refractivity contribution in [3.8, 4) is 0 Å². The maximum absolute atomic E-state index is 12.2. The maximum atomic E-state index is 12.2. The van der Waals surface area contributed by atoms with E-state index in [1.165, 1.54) is 25.5 Å². The van der Waals surface area contributed by atoms with Gasteiger partial charge in [-0.25, -0.2) is 8.42 Å². The zero-order valence-electron chi connectivity index (χ0n) is 9.66. The van der Waals surface area contributed by atoms with Gasteiger partial charge in [-0.1, -0.05) is 0 Å². The van der Waals surface area contributed by atoms with Gasteiger partial charge in [0, 0.05) is 25.5 Å². The molecule has 0 spiro atoms. The molecule has 0 aliphatic rings. The first kappa shape index (κ1) is 13.8. The summed E-state index contributed by atoms with van der Waals surface area (Å²) in [6, 6.07) is 0.940. The van der Waals surface area contributed by atoms with Gasteiger partial charge in [0.15, 0.2) is 0 Å². The molecule has 0 bridgehead atoms. The molecule has 7 nitrogen and oxygen atoms in total. The molecule has 1 rings (SSSR count). The monoisotopic (exact) mass is 260 g/mol. The van der Waals surface area contributed by atoms with Crippen LogP contribution in [0, 0.1) is 0 Å². The third-order valence-electron chi connectivity index (χ3n) is 2.48. The van der Waals surface area contributed by atoms with Crippen molar-refractivity contribution in [2.45, 2.75) is 17.9 Å². The van der Waals surface area contributed by atoms with Gasteiger partial charge in [0.2, 0.25) is 10.0 Å². The minimum absolute atomic E-state index is 0.0229. The second-order valence-corrected chi connectivity index (χ2v) is 5.53. The second kappa shape index (κ2) is 5.41. The number of nitrogen functional groups attached to an aromatic ring is 1. The second-order valence-electron chi connectivity index (χ2n) is 3.57. The molecule has 0 saturated carbocycles. The van der Waals surface area contributed by atoms with Crippen molar-refractivity contribution < 1.29 is 13.5 Å². The quantitative estimate of drug-likeness (QED) is 0.480. The zero-order chi connectivity index (χ0) is 13.1. The molecule has 8 heteroatoms. The van der Waals surface area contributed by atoms with Crippen LogP contribution in [-0.2, 0) is 10.0 Å². The highest BCUT2D eigenvalue weighted by Gasteiger charge is 2.27. The Kier molecular flexibility index (Phi) is 4.40. The Morgan fingerprint density at radius 3 is 2.82 bits per heavy atom. The lowest BCUT2D eigenvalue weighted by atomic mass is 10.4. The number of nitrogens with zero attached hydrogens (tertiary/aromatic N) is 2. The molecule has 0 amide bonds. The predicted molar refractivity (Wildman–Crippen MR) is 63.5 cm³/mol. The van der Waals surface area contributed by atoms with Gasteiger partial charge in [0.1, 0.15) is 4.90 Å². The number of hydrazine groups is 1. The van der Waals surface area contributed by atoms with Crippen LogP contribution in [0.25, 0.3) is 0 Å². The van der Waals surface area contributed by atoms with Gasteiger partial charge in [-0.15, -0.1) is 0 Å². The first-order valence-electron chi connectivity index (χ1n) is 4.94. The molecule has 96 valence electrons. The Hall–Kier alpha value is -1.22. The number of nitrogens with two attached hydrogens (primary N) is 1. The molecule has 1 aromatic heterocycles. The van der Waals surface area contributed by atoms with E-state index in [4.69, 9.17) is 10.9 Å². The Labute approximate surface area is 100 Å². The van der Waals surface area contributed by atoms with E-state index in [9.17, 15) is 8.42 Å². The SMILES string of the molecule is CC(CO)N(C)S(=O)(=O)c1cnccc1NN. The molecule has 0 fully saturated rings. The van der Waals surface area contributed by atoms with Crippen LogP contribution in [0.5, 0.6) is 0 Å². The Morgan fingerprint density at radius 1 is 1.65 bits per heavy atom. The molecule has 1 atom stereocenters. The van der Waals surface area contributed by atoms with Crippen LogP contribution < -0.4 is 11.3 Å². The lowest BCUT2D eigenvalue weighted by Gasteiger charge is -2.23. The third-order valence-corrected chi connectivity index (χ3v) is 4.48. The number of rotatable bonds is 5. The first-order valence-corrected chi connectivity index (χ1v) is 6.38. The Morgan fingerprint density at radius 2 is 2.29 bits per heavy atom. The van der Waals surface area contributed by atoms with E-state index in [-0.39, 0.29) is 17.2 Å². The molecule has 0 aliphatic carbocycles. The molecule has 1 heterocycles. The van der Waals surface area contributed by atoms with Crippen LogP contribution in [0.4, 0.5) is 5.69 Å². The fourth-order valence-electron chi connectivity index (χ4n) is 1.21. The van der Waals surface area contributed by atoms with Gasteiger partial charge in [0.05, 0.1) is 12.3 Å².